The van der Waals surface area contributed by atoms with Crippen molar-refractivity contribution in [1.29, 1.82) is 0 Å². The molecule has 1 aromatic rings. The molecule has 0 radical (unpaired) electrons. The molecule has 1 amide bonds. The number of nitrogens with zero attached hydrogens (tertiary/aromatic N) is 2. The second-order valence-corrected chi connectivity index (χ2v) is 8.33. The number of rotatable bonds is 8. The van der Waals surface area contributed by atoms with Crippen molar-refractivity contribution in [1.82, 2.24) is 9.42 Å². The van der Waals surface area contributed by atoms with Gasteiger partial charge in [0.1, 0.15) is 5.75 Å². The first-order valence-electron chi connectivity index (χ1n) is 8.85. The number of hydrogen-bond acceptors (Lipinski definition) is 6. The van der Waals surface area contributed by atoms with Gasteiger partial charge in [-0.2, -0.15) is 0 Å². The van der Waals surface area contributed by atoms with E-state index in [-0.39, 0.29) is 16.2 Å². The molecule has 1 saturated heterocycles. The lowest BCUT2D eigenvalue weighted by molar-refractivity contribution is -0.0397. The van der Waals surface area contributed by atoms with E-state index in [1.54, 1.807) is 11.9 Å². The van der Waals surface area contributed by atoms with Crippen molar-refractivity contribution in [2.45, 2.75) is 24.7 Å². The van der Waals surface area contributed by atoms with Gasteiger partial charge < -0.3 is 15.2 Å². The van der Waals surface area contributed by atoms with Gasteiger partial charge in [0.25, 0.3) is 15.9 Å². The maximum atomic E-state index is 13.1. The van der Waals surface area contributed by atoms with Gasteiger partial charge in [-0.3, -0.25) is 4.79 Å². The van der Waals surface area contributed by atoms with Gasteiger partial charge in [-0.15, -0.1) is 4.41 Å². The largest absolute Gasteiger partial charge is 0.492 e. The molecule has 2 fully saturated rings. The van der Waals surface area contributed by atoms with Gasteiger partial charge in [0, 0.05) is 25.7 Å². The number of amides is 1. The summed E-state index contributed by atoms with van der Waals surface area (Å²) in [6.45, 7) is 4.55. The number of hydrogen-bond donors (Lipinski definition) is 1. The van der Waals surface area contributed by atoms with Crippen LogP contribution in [0.2, 0.25) is 0 Å². The first-order chi connectivity index (χ1) is 12.4. The Balaban J connectivity index is 1.89. The lowest BCUT2D eigenvalue weighted by atomic mass is 10.2. The van der Waals surface area contributed by atoms with Gasteiger partial charge >= 0.3 is 0 Å². The second-order valence-electron chi connectivity index (χ2n) is 6.49. The molecule has 3 rings (SSSR count). The van der Waals surface area contributed by atoms with Crippen LogP contribution in [0.5, 0.6) is 5.75 Å². The van der Waals surface area contributed by atoms with E-state index in [4.69, 9.17) is 15.2 Å². The standard InChI is InChI=1S/C17H25N3O5S/c1-2-20(19-7-9-24-10-8-19)26(22,23)14-5-6-15(17(18)21)16(11-14)25-12-13-3-4-13/h5-6,11,13H,2-4,7-10,12H2,1H3,(H2,18,21). The predicted molar refractivity (Wildman–Crippen MR) is 95.1 cm³/mol. The summed E-state index contributed by atoms with van der Waals surface area (Å²) < 4.78 is 38.6. The molecule has 2 N–H and O–H groups in total. The molecule has 0 atom stereocenters. The number of carbonyl (C=O) groups excluding carboxylic acids is 1. The van der Waals surface area contributed by atoms with Crippen LogP contribution < -0.4 is 10.5 Å². The Morgan fingerprint density at radius 2 is 2.04 bits per heavy atom. The Labute approximate surface area is 153 Å². The highest BCUT2D eigenvalue weighted by molar-refractivity contribution is 7.89. The number of carbonyl (C=O) groups is 1. The Morgan fingerprint density at radius 1 is 1.35 bits per heavy atom. The highest BCUT2D eigenvalue weighted by atomic mass is 32.2. The van der Waals surface area contributed by atoms with Crippen molar-refractivity contribution in [3.05, 3.63) is 23.8 Å². The van der Waals surface area contributed by atoms with Gasteiger partial charge in [0.15, 0.2) is 0 Å². The van der Waals surface area contributed by atoms with Crippen LogP contribution in [-0.2, 0) is 14.8 Å². The van der Waals surface area contributed by atoms with E-state index in [2.05, 4.69) is 0 Å². The minimum Gasteiger partial charge on any atom is -0.492 e. The molecule has 1 aliphatic heterocycles. The summed E-state index contributed by atoms with van der Waals surface area (Å²) in [7, 11) is -3.77. The third-order valence-electron chi connectivity index (χ3n) is 4.54. The molecule has 0 unspecified atom stereocenters. The Morgan fingerprint density at radius 3 is 2.62 bits per heavy atom. The van der Waals surface area contributed by atoms with E-state index < -0.39 is 15.9 Å². The van der Waals surface area contributed by atoms with Gasteiger partial charge in [0.05, 0.1) is 30.3 Å². The molecule has 1 aliphatic carbocycles. The Kier molecular flexibility index (Phi) is 5.81. The smallest absolute Gasteiger partial charge is 0.256 e. The minimum atomic E-state index is -3.77. The monoisotopic (exact) mass is 383 g/mol. The maximum Gasteiger partial charge on any atom is 0.256 e. The molecule has 1 heterocycles. The number of sulfonamides is 1. The third-order valence-corrected chi connectivity index (χ3v) is 6.43. The summed E-state index contributed by atoms with van der Waals surface area (Å²) in [6.07, 6.45) is 2.18. The zero-order valence-electron chi connectivity index (χ0n) is 14.9. The topological polar surface area (TPSA) is 102 Å². The fourth-order valence-corrected chi connectivity index (χ4v) is 4.45. The SMILES string of the molecule is CCN(N1CCOCC1)S(=O)(=O)c1ccc(C(N)=O)c(OCC2CC2)c1. The van der Waals surface area contributed by atoms with Crippen LogP contribution in [0, 0.1) is 5.92 Å². The van der Waals surface area contributed by atoms with Crippen LogP contribution in [-0.4, -0.2) is 63.2 Å². The van der Waals surface area contributed by atoms with E-state index in [0.29, 0.717) is 45.4 Å². The number of nitrogens with two attached hydrogens (primary N) is 1. The highest BCUT2D eigenvalue weighted by Gasteiger charge is 2.31. The Hall–Kier alpha value is -1.68. The molecule has 8 nitrogen and oxygen atoms in total. The van der Waals surface area contributed by atoms with Gasteiger partial charge in [-0.1, -0.05) is 0 Å². The zero-order chi connectivity index (χ0) is 18.7. The zero-order valence-corrected chi connectivity index (χ0v) is 15.7. The predicted octanol–water partition coefficient (Wildman–Crippen LogP) is 0.832. The number of benzene rings is 1. The third kappa shape index (κ3) is 4.17. The van der Waals surface area contributed by atoms with Crippen molar-refractivity contribution in [2.75, 3.05) is 39.5 Å². The summed E-state index contributed by atoms with van der Waals surface area (Å²) in [4.78, 5) is 11.7. The molecule has 0 spiro atoms. The summed E-state index contributed by atoms with van der Waals surface area (Å²) in [5.41, 5.74) is 5.59. The molecule has 2 aliphatic rings. The van der Waals surface area contributed by atoms with E-state index in [1.165, 1.54) is 22.6 Å². The Bertz CT molecular complexity index is 758. The first kappa shape index (κ1) is 19.1. The van der Waals surface area contributed by atoms with Crippen LogP contribution >= 0.6 is 0 Å². The number of hydrazine groups is 1. The lowest BCUT2D eigenvalue weighted by Gasteiger charge is -2.35. The summed E-state index contributed by atoms with van der Waals surface area (Å²) in [5, 5.41) is 1.77. The van der Waals surface area contributed by atoms with Crippen molar-refractivity contribution < 1.29 is 22.7 Å². The van der Waals surface area contributed by atoms with Crippen LogP contribution in [0.25, 0.3) is 0 Å². The van der Waals surface area contributed by atoms with Gasteiger partial charge in [-0.25, -0.2) is 13.4 Å². The number of ether oxygens (including phenoxy) is 2. The van der Waals surface area contributed by atoms with Crippen LogP contribution in [0.1, 0.15) is 30.1 Å². The summed E-state index contributed by atoms with van der Waals surface area (Å²) in [6, 6.07) is 4.23. The summed E-state index contributed by atoms with van der Waals surface area (Å²) in [5.74, 6) is 0.0558. The van der Waals surface area contributed by atoms with Crippen molar-refractivity contribution >= 4 is 15.9 Å². The molecule has 0 bridgehead atoms. The average Bonchev–Trinajstić information content (AvgIpc) is 3.45. The lowest BCUT2D eigenvalue weighted by Crippen LogP contribution is -2.51. The molecule has 1 aromatic carbocycles. The average molecular weight is 383 g/mol. The molecule has 9 heteroatoms. The van der Waals surface area contributed by atoms with Crippen LogP contribution in [0.4, 0.5) is 0 Å². The van der Waals surface area contributed by atoms with Gasteiger partial charge in [-0.05, 0) is 37.8 Å². The molecule has 144 valence electrons. The fourth-order valence-electron chi connectivity index (χ4n) is 2.90. The molecular weight excluding hydrogens is 358 g/mol. The molecule has 26 heavy (non-hydrogen) atoms. The quantitative estimate of drug-likeness (QED) is 0.713. The summed E-state index contributed by atoms with van der Waals surface area (Å²) >= 11 is 0. The van der Waals surface area contributed by atoms with Gasteiger partial charge in [0.2, 0.25) is 0 Å². The normalized spacial score (nSPS) is 18.8. The molecule has 0 aromatic heterocycles. The van der Waals surface area contributed by atoms with E-state index in [1.807, 2.05) is 0 Å². The second kappa shape index (κ2) is 7.91. The first-order valence-corrected chi connectivity index (χ1v) is 10.3. The van der Waals surface area contributed by atoms with Crippen molar-refractivity contribution in [3.8, 4) is 5.75 Å². The van der Waals surface area contributed by atoms with Crippen LogP contribution in [0.15, 0.2) is 23.1 Å². The van der Waals surface area contributed by atoms with Crippen molar-refractivity contribution in [2.24, 2.45) is 11.7 Å². The van der Waals surface area contributed by atoms with Crippen LogP contribution in [0.3, 0.4) is 0 Å². The molecule has 1 saturated carbocycles. The number of primary amides is 1. The fraction of sp³-hybridized carbons (Fsp3) is 0.588. The van der Waals surface area contributed by atoms with E-state index in [0.717, 1.165) is 12.8 Å². The molecular formula is C17H25N3O5S. The number of morpholine rings is 1. The van der Waals surface area contributed by atoms with Crippen molar-refractivity contribution in [3.63, 3.8) is 0 Å². The highest BCUT2D eigenvalue weighted by Crippen LogP contribution is 2.32. The minimum absolute atomic E-state index is 0.0849. The maximum absolute atomic E-state index is 13.1. The van der Waals surface area contributed by atoms with E-state index in [9.17, 15) is 13.2 Å². The van der Waals surface area contributed by atoms with E-state index >= 15 is 0 Å².